The average molecular weight is 286 g/mol. The minimum atomic E-state index is -0.155. The van der Waals surface area contributed by atoms with Crippen molar-refractivity contribution < 1.29 is 5.11 Å². The lowest BCUT2D eigenvalue weighted by Gasteiger charge is -2.13. The Morgan fingerprint density at radius 3 is 3.00 bits per heavy atom. The molecule has 110 valence electrons. The third kappa shape index (κ3) is 2.92. The Hall–Kier alpha value is -2.28. The maximum absolute atomic E-state index is 9.06. The number of aliphatic hydroxyl groups is 1. The van der Waals surface area contributed by atoms with Crippen LogP contribution in [0.15, 0.2) is 24.4 Å². The van der Waals surface area contributed by atoms with Gasteiger partial charge in [0, 0.05) is 5.70 Å². The van der Waals surface area contributed by atoms with Gasteiger partial charge in [-0.15, -0.1) is 5.10 Å². The zero-order chi connectivity index (χ0) is 14.8. The van der Waals surface area contributed by atoms with Crippen molar-refractivity contribution in [3.63, 3.8) is 0 Å². The van der Waals surface area contributed by atoms with Crippen molar-refractivity contribution in [3.8, 4) is 0 Å². The van der Waals surface area contributed by atoms with Gasteiger partial charge in [0.2, 0.25) is 0 Å². The van der Waals surface area contributed by atoms with E-state index < -0.39 is 0 Å². The van der Waals surface area contributed by atoms with Gasteiger partial charge in [0.15, 0.2) is 5.82 Å². The first-order valence-corrected chi connectivity index (χ1v) is 6.96. The molecule has 21 heavy (non-hydrogen) atoms. The molecule has 0 saturated heterocycles. The maximum Gasteiger partial charge on any atom is 0.176 e. The van der Waals surface area contributed by atoms with Gasteiger partial charge in [-0.2, -0.15) is 5.10 Å². The van der Waals surface area contributed by atoms with E-state index in [4.69, 9.17) is 5.11 Å². The summed E-state index contributed by atoms with van der Waals surface area (Å²) in [6, 6.07) is 0. The number of nitrogens with zero attached hydrogens (tertiary/aromatic N) is 6. The Morgan fingerprint density at radius 2 is 2.29 bits per heavy atom. The van der Waals surface area contributed by atoms with Gasteiger partial charge in [0.1, 0.15) is 18.1 Å². The normalized spacial score (nSPS) is 18.0. The lowest BCUT2D eigenvalue weighted by molar-refractivity contribution is 0.270. The molecule has 2 heterocycles. The fourth-order valence-electron chi connectivity index (χ4n) is 2.35. The predicted octanol–water partition coefficient (Wildman–Crippen LogP) is 1.16. The zero-order valence-electron chi connectivity index (χ0n) is 12.1. The lowest BCUT2D eigenvalue weighted by Crippen LogP contribution is -2.05. The van der Waals surface area contributed by atoms with Crippen LogP contribution in [0.4, 0.5) is 0 Å². The van der Waals surface area contributed by atoms with Crippen LogP contribution in [0.5, 0.6) is 0 Å². The summed E-state index contributed by atoms with van der Waals surface area (Å²) in [5.74, 6) is 1.69. The van der Waals surface area contributed by atoms with Crippen LogP contribution in [-0.4, -0.2) is 34.9 Å². The predicted molar refractivity (Wildman–Crippen MR) is 77.0 cm³/mol. The van der Waals surface area contributed by atoms with Gasteiger partial charge >= 0.3 is 0 Å². The molecule has 7 heteroatoms. The molecule has 1 aliphatic carbocycles. The number of aryl methyl sites for hydroxylation is 1. The summed E-state index contributed by atoms with van der Waals surface area (Å²) in [5.41, 5.74) is 1.95. The first-order valence-electron chi connectivity index (χ1n) is 6.96. The molecule has 0 aliphatic heterocycles. The van der Waals surface area contributed by atoms with E-state index in [1.165, 1.54) is 0 Å². The highest BCUT2D eigenvalue weighted by molar-refractivity contribution is 5.49. The van der Waals surface area contributed by atoms with Crippen molar-refractivity contribution >= 4 is 5.70 Å². The largest absolute Gasteiger partial charge is 0.388 e. The molecule has 0 aromatic carbocycles. The van der Waals surface area contributed by atoms with E-state index in [9.17, 15) is 0 Å². The second-order valence-corrected chi connectivity index (χ2v) is 5.27. The molecule has 0 amide bonds. The van der Waals surface area contributed by atoms with Crippen molar-refractivity contribution in [1.29, 1.82) is 0 Å². The van der Waals surface area contributed by atoms with E-state index in [-0.39, 0.29) is 6.61 Å². The molecule has 0 saturated carbocycles. The monoisotopic (exact) mass is 286 g/mol. The molecular formula is C14H18N6O. The van der Waals surface area contributed by atoms with E-state index in [0.717, 1.165) is 23.6 Å². The third-order valence-corrected chi connectivity index (χ3v) is 3.45. The Balaban J connectivity index is 1.77. The molecule has 1 unspecified atom stereocenters. The van der Waals surface area contributed by atoms with Gasteiger partial charge < -0.3 is 5.11 Å². The Kier molecular flexibility index (Phi) is 3.66. The quantitative estimate of drug-likeness (QED) is 0.912. The average Bonchev–Trinajstić information content (AvgIpc) is 3.07. The summed E-state index contributed by atoms with van der Waals surface area (Å²) in [6.45, 7) is 4.37. The summed E-state index contributed by atoms with van der Waals surface area (Å²) in [5, 5.41) is 21.6. The molecule has 2 aromatic rings. The summed E-state index contributed by atoms with van der Waals surface area (Å²) < 4.78 is 3.53. The molecule has 2 aromatic heterocycles. The fraction of sp³-hybridized carbons (Fsp3) is 0.429. The highest BCUT2D eigenvalue weighted by Crippen LogP contribution is 2.21. The molecule has 7 nitrogen and oxygen atoms in total. The first kappa shape index (κ1) is 13.7. The molecule has 0 bridgehead atoms. The molecule has 1 aliphatic rings. The molecule has 1 atom stereocenters. The van der Waals surface area contributed by atoms with Gasteiger partial charge in [0.25, 0.3) is 0 Å². The first-order chi connectivity index (χ1) is 10.2. The fourth-order valence-corrected chi connectivity index (χ4v) is 2.35. The van der Waals surface area contributed by atoms with Crippen LogP contribution < -0.4 is 0 Å². The molecule has 1 N–H and O–H groups in total. The lowest BCUT2D eigenvalue weighted by atomic mass is 10.0. The highest BCUT2D eigenvalue weighted by atomic mass is 16.3. The second-order valence-electron chi connectivity index (χ2n) is 5.27. The number of hydrogen-bond donors (Lipinski definition) is 1. The smallest absolute Gasteiger partial charge is 0.176 e. The number of aromatic nitrogens is 6. The van der Waals surface area contributed by atoms with Gasteiger partial charge in [-0.25, -0.2) is 14.3 Å². The van der Waals surface area contributed by atoms with E-state index in [1.54, 1.807) is 4.68 Å². The van der Waals surface area contributed by atoms with Gasteiger partial charge in [-0.3, -0.25) is 0 Å². The molecular weight excluding hydrogens is 268 g/mol. The third-order valence-electron chi connectivity index (χ3n) is 3.45. The van der Waals surface area contributed by atoms with Crippen LogP contribution in [-0.2, 0) is 13.2 Å². The standard InChI is InChI=1S/C14H18N6O/c1-10-4-3-5-13(6-10)20-8-12(16-18-20)7-19-11(2)15-14(9-21)17-19/h3-5,8,10,21H,6-7,9H2,1-2H3. The summed E-state index contributed by atoms with van der Waals surface area (Å²) in [7, 11) is 0. The second kappa shape index (κ2) is 5.61. The Labute approximate surface area is 122 Å². The highest BCUT2D eigenvalue weighted by Gasteiger charge is 2.12. The van der Waals surface area contributed by atoms with Crippen molar-refractivity contribution in [2.45, 2.75) is 33.4 Å². The SMILES string of the molecule is Cc1nc(CO)nn1Cc1cn(C2=CC=CC(C)C2)nn1. The summed E-state index contributed by atoms with van der Waals surface area (Å²) in [6.07, 6.45) is 9.16. The number of aliphatic hydroxyl groups excluding tert-OH is 1. The van der Waals surface area contributed by atoms with E-state index >= 15 is 0 Å². The molecule has 0 spiro atoms. The van der Waals surface area contributed by atoms with E-state index in [1.807, 2.05) is 17.8 Å². The summed E-state index contributed by atoms with van der Waals surface area (Å²) in [4.78, 5) is 4.16. The molecule has 0 radical (unpaired) electrons. The number of allylic oxidation sites excluding steroid dienone is 4. The van der Waals surface area contributed by atoms with Crippen molar-refractivity contribution in [2.75, 3.05) is 0 Å². The Bertz CT molecular complexity index is 696. The Morgan fingerprint density at radius 1 is 1.43 bits per heavy atom. The van der Waals surface area contributed by atoms with Crippen LogP contribution >= 0.6 is 0 Å². The zero-order valence-corrected chi connectivity index (χ0v) is 12.1. The van der Waals surface area contributed by atoms with Crippen molar-refractivity contribution in [2.24, 2.45) is 5.92 Å². The maximum atomic E-state index is 9.06. The summed E-state index contributed by atoms with van der Waals surface area (Å²) >= 11 is 0. The van der Waals surface area contributed by atoms with Gasteiger partial charge in [-0.05, 0) is 25.3 Å². The molecule has 0 fully saturated rings. The van der Waals surface area contributed by atoms with Gasteiger partial charge in [-0.1, -0.05) is 24.3 Å². The minimum Gasteiger partial charge on any atom is -0.388 e. The van der Waals surface area contributed by atoms with Crippen LogP contribution in [0, 0.1) is 12.8 Å². The molecule has 3 rings (SSSR count). The van der Waals surface area contributed by atoms with Crippen molar-refractivity contribution in [1.82, 2.24) is 29.8 Å². The van der Waals surface area contributed by atoms with E-state index in [2.05, 4.69) is 45.5 Å². The van der Waals surface area contributed by atoms with Crippen LogP contribution in [0.25, 0.3) is 5.70 Å². The number of rotatable bonds is 4. The number of hydrogen-bond acceptors (Lipinski definition) is 5. The van der Waals surface area contributed by atoms with Crippen LogP contribution in [0.3, 0.4) is 0 Å². The van der Waals surface area contributed by atoms with Crippen LogP contribution in [0.1, 0.15) is 30.7 Å². The van der Waals surface area contributed by atoms with Gasteiger partial charge in [0.05, 0.1) is 12.7 Å². The van der Waals surface area contributed by atoms with Crippen molar-refractivity contribution in [3.05, 3.63) is 41.8 Å². The topological polar surface area (TPSA) is 81.7 Å². The van der Waals surface area contributed by atoms with Crippen LogP contribution in [0.2, 0.25) is 0 Å². The minimum absolute atomic E-state index is 0.155. The van der Waals surface area contributed by atoms with E-state index in [0.29, 0.717) is 18.3 Å².